The summed E-state index contributed by atoms with van der Waals surface area (Å²) >= 11 is 5.58. The zero-order chi connectivity index (χ0) is 26.8. The van der Waals surface area contributed by atoms with E-state index < -0.39 is 0 Å². The minimum absolute atomic E-state index is 0.167. The van der Waals surface area contributed by atoms with E-state index in [1.165, 1.54) is 37.8 Å². The van der Waals surface area contributed by atoms with Crippen LogP contribution in [0.25, 0.3) is 0 Å². The molecule has 188 valence electrons. The maximum atomic E-state index is 9.44. The van der Waals surface area contributed by atoms with Gasteiger partial charge < -0.3 is 10.5 Å². The van der Waals surface area contributed by atoms with E-state index in [0.29, 0.717) is 6.54 Å². The molecular formula is C30H50ClNO. The smallest absolute Gasteiger partial charge is 0.126 e. The van der Waals surface area contributed by atoms with Gasteiger partial charge >= 0.3 is 0 Å². The van der Waals surface area contributed by atoms with Gasteiger partial charge in [0.05, 0.1) is 0 Å². The van der Waals surface area contributed by atoms with Gasteiger partial charge in [-0.25, -0.2) is 0 Å². The second kappa shape index (κ2) is 27.9. The van der Waals surface area contributed by atoms with Crippen molar-refractivity contribution in [3.63, 3.8) is 0 Å². The number of carbonyl (C=O) groups is 1. The second-order valence-electron chi connectivity index (χ2n) is 7.23. The van der Waals surface area contributed by atoms with Gasteiger partial charge in [-0.05, 0) is 82.8 Å². The fourth-order valence-electron chi connectivity index (χ4n) is 2.23. The van der Waals surface area contributed by atoms with Crippen LogP contribution in [0.5, 0.6) is 0 Å². The third-order valence-electron chi connectivity index (χ3n) is 3.77. The van der Waals surface area contributed by atoms with E-state index in [2.05, 4.69) is 46.6 Å². The Hall–Kier alpha value is -2.16. The zero-order valence-electron chi connectivity index (χ0n) is 22.9. The summed E-state index contributed by atoms with van der Waals surface area (Å²) in [5.74, 6) is 0.167. The highest BCUT2D eigenvalue weighted by molar-refractivity contribution is 6.29. The van der Waals surface area contributed by atoms with Gasteiger partial charge in [0.25, 0.3) is 0 Å². The molecule has 0 bridgehead atoms. The van der Waals surface area contributed by atoms with Crippen LogP contribution < -0.4 is 5.73 Å². The van der Waals surface area contributed by atoms with Gasteiger partial charge in [-0.2, -0.15) is 0 Å². The molecule has 0 atom stereocenters. The Balaban J connectivity index is -0.000000221. The Kier molecular flexibility index (Phi) is 32.2. The van der Waals surface area contributed by atoms with Crippen molar-refractivity contribution in [2.24, 2.45) is 5.73 Å². The lowest BCUT2D eigenvalue weighted by molar-refractivity contribution is -0.114. The number of carbonyl (C=O) groups excluding carboxylic acids is 1. The molecule has 0 unspecified atom stereocenters. The van der Waals surface area contributed by atoms with Crippen LogP contribution in [0.1, 0.15) is 81.6 Å². The topological polar surface area (TPSA) is 43.1 Å². The Morgan fingerprint density at radius 3 is 1.82 bits per heavy atom. The average Bonchev–Trinajstić information content (AvgIpc) is 2.75. The summed E-state index contributed by atoms with van der Waals surface area (Å²) in [5.41, 5.74) is 11.4. The Morgan fingerprint density at radius 2 is 1.52 bits per heavy atom. The van der Waals surface area contributed by atoms with Crippen molar-refractivity contribution in [3.8, 4) is 0 Å². The van der Waals surface area contributed by atoms with Crippen molar-refractivity contribution < 1.29 is 4.79 Å². The lowest BCUT2D eigenvalue weighted by Crippen LogP contribution is -1.99. The van der Waals surface area contributed by atoms with Gasteiger partial charge in [-0.15, -0.1) is 0 Å². The van der Waals surface area contributed by atoms with E-state index in [-0.39, 0.29) is 5.78 Å². The molecule has 2 N–H and O–H groups in total. The van der Waals surface area contributed by atoms with Crippen LogP contribution in [0.15, 0.2) is 95.2 Å². The molecule has 0 saturated carbocycles. The molecule has 2 nitrogen and oxygen atoms in total. The van der Waals surface area contributed by atoms with Crippen molar-refractivity contribution in [2.75, 3.05) is 6.54 Å². The SMILES string of the molecule is C=C/C(=C\C=C(/C)Cl)CN.C=C/C=C(\C=C/C)C(=C)C(CCCC)=C(C)C.CC.CC(C)=O. The van der Waals surface area contributed by atoms with Crippen LogP contribution in [0.2, 0.25) is 0 Å². The van der Waals surface area contributed by atoms with E-state index in [1.807, 2.05) is 52.0 Å². The fraction of sp³-hybridized carbons (Fsp3) is 0.433. The van der Waals surface area contributed by atoms with Crippen LogP contribution in [0.3, 0.4) is 0 Å². The highest BCUT2D eigenvalue weighted by Gasteiger charge is 2.07. The van der Waals surface area contributed by atoms with Gasteiger partial charge in [0.15, 0.2) is 0 Å². The molecule has 0 aliphatic rings. The molecular weight excluding hydrogens is 426 g/mol. The van der Waals surface area contributed by atoms with E-state index in [9.17, 15) is 4.79 Å². The molecule has 0 amide bonds. The summed E-state index contributed by atoms with van der Waals surface area (Å²) in [5, 5.41) is 0.743. The van der Waals surface area contributed by atoms with Gasteiger partial charge in [-0.1, -0.05) is 101 Å². The molecule has 0 aromatic rings. The third kappa shape index (κ3) is 27.8. The van der Waals surface area contributed by atoms with Crippen molar-refractivity contribution in [1.82, 2.24) is 0 Å². The van der Waals surface area contributed by atoms with Gasteiger partial charge in [-0.3, -0.25) is 0 Å². The molecule has 0 aliphatic carbocycles. The predicted octanol–water partition coefficient (Wildman–Crippen LogP) is 9.58. The third-order valence-corrected chi connectivity index (χ3v) is 3.89. The molecule has 0 radical (unpaired) electrons. The molecule has 0 spiro atoms. The number of halogens is 1. The minimum Gasteiger partial charge on any atom is -0.326 e. The first-order chi connectivity index (χ1) is 15.5. The summed E-state index contributed by atoms with van der Waals surface area (Å²) in [6, 6.07) is 0. The number of unbranched alkanes of at least 4 members (excludes halogenated alkanes) is 1. The van der Waals surface area contributed by atoms with Crippen LogP contribution >= 0.6 is 11.6 Å². The minimum atomic E-state index is 0.167. The highest BCUT2D eigenvalue weighted by Crippen LogP contribution is 2.26. The maximum absolute atomic E-state index is 9.44. The number of ketones is 1. The molecule has 0 aliphatic heterocycles. The van der Waals surface area contributed by atoms with Crippen molar-refractivity contribution in [3.05, 3.63) is 95.2 Å². The largest absolute Gasteiger partial charge is 0.326 e. The van der Waals surface area contributed by atoms with E-state index in [1.54, 1.807) is 12.2 Å². The molecule has 3 heteroatoms. The Labute approximate surface area is 211 Å². The molecule has 0 saturated heterocycles. The van der Waals surface area contributed by atoms with E-state index in [4.69, 9.17) is 17.3 Å². The maximum Gasteiger partial charge on any atom is 0.126 e. The first-order valence-electron chi connectivity index (χ1n) is 11.7. The highest BCUT2D eigenvalue weighted by atomic mass is 35.5. The zero-order valence-corrected chi connectivity index (χ0v) is 23.6. The van der Waals surface area contributed by atoms with E-state index >= 15 is 0 Å². The number of allylic oxidation sites excluding steroid dienone is 11. The van der Waals surface area contributed by atoms with Gasteiger partial charge in [0, 0.05) is 11.6 Å². The van der Waals surface area contributed by atoms with Crippen molar-refractivity contribution in [1.29, 1.82) is 0 Å². The number of rotatable bonds is 10. The van der Waals surface area contributed by atoms with E-state index in [0.717, 1.165) is 28.2 Å². The fourth-order valence-corrected chi connectivity index (χ4v) is 2.30. The first kappa shape index (κ1) is 38.1. The van der Waals surface area contributed by atoms with Gasteiger partial charge in [0.2, 0.25) is 0 Å². The normalized spacial score (nSPS) is 11.1. The van der Waals surface area contributed by atoms with Gasteiger partial charge in [0.1, 0.15) is 5.78 Å². The van der Waals surface area contributed by atoms with Crippen molar-refractivity contribution >= 4 is 17.4 Å². The molecule has 0 aromatic heterocycles. The molecule has 0 heterocycles. The standard InChI is InChI=1S/C17H26.C8H12ClN.C3H6O.C2H6/c1-7-10-13-17(14(4)5)15(6)16(11-8-2)12-9-3;1-3-8(6-10)5-4-7(2)9;1-3(2)4;1-2/h8-9,11-12H,2,6-7,10,13H2,1,3-5H3;3-5H,1,6,10H2,2H3;1-2H3;1-2H3/b12-9-,16-11+;7-4+,8-5+;;. The van der Waals surface area contributed by atoms with Crippen LogP contribution in [0, 0.1) is 0 Å². The number of hydrogen-bond donors (Lipinski definition) is 1. The molecule has 0 fully saturated rings. The number of hydrogen-bond acceptors (Lipinski definition) is 2. The summed E-state index contributed by atoms with van der Waals surface area (Å²) in [6.07, 6.45) is 16.9. The number of Topliss-reactive ketones (excluding diaryl/α,β-unsaturated/α-hetero) is 1. The number of nitrogens with two attached hydrogens (primary N) is 1. The quantitative estimate of drug-likeness (QED) is 0.319. The Morgan fingerprint density at radius 1 is 1.00 bits per heavy atom. The lowest BCUT2D eigenvalue weighted by atomic mass is 9.91. The van der Waals surface area contributed by atoms with Crippen LogP contribution in [-0.2, 0) is 4.79 Å². The van der Waals surface area contributed by atoms with Crippen LogP contribution in [-0.4, -0.2) is 12.3 Å². The second-order valence-corrected chi connectivity index (χ2v) is 7.83. The van der Waals surface area contributed by atoms with Crippen LogP contribution in [0.4, 0.5) is 0 Å². The summed E-state index contributed by atoms with van der Waals surface area (Å²) in [7, 11) is 0. The summed E-state index contributed by atoms with van der Waals surface area (Å²) in [6.45, 7) is 29.5. The summed E-state index contributed by atoms with van der Waals surface area (Å²) in [4.78, 5) is 9.44. The average molecular weight is 476 g/mol. The van der Waals surface area contributed by atoms with Crippen molar-refractivity contribution in [2.45, 2.75) is 81.6 Å². The first-order valence-corrected chi connectivity index (χ1v) is 12.0. The molecule has 0 aromatic carbocycles. The molecule has 0 rings (SSSR count). The summed E-state index contributed by atoms with van der Waals surface area (Å²) < 4.78 is 0. The predicted molar refractivity (Wildman–Crippen MR) is 155 cm³/mol. The Bertz CT molecular complexity index is 704. The monoisotopic (exact) mass is 475 g/mol. The lowest BCUT2D eigenvalue weighted by Gasteiger charge is -2.14. The molecule has 33 heavy (non-hydrogen) atoms.